The van der Waals surface area contributed by atoms with Crippen LogP contribution in [-0.4, -0.2) is 35.7 Å². The molecule has 0 unspecified atom stereocenters. The average molecular weight is 408 g/mol. The fraction of sp³-hybridized carbons (Fsp3) is 0.375. The van der Waals surface area contributed by atoms with Gasteiger partial charge in [-0.05, 0) is 37.5 Å². The summed E-state index contributed by atoms with van der Waals surface area (Å²) in [6, 6.07) is 14.9. The molecule has 1 aliphatic heterocycles. The zero-order valence-corrected chi connectivity index (χ0v) is 17.4. The Labute approximate surface area is 177 Å². The van der Waals surface area contributed by atoms with Gasteiger partial charge in [0.15, 0.2) is 0 Å². The van der Waals surface area contributed by atoms with E-state index in [1.807, 2.05) is 31.2 Å². The Morgan fingerprint density at radius 3 is 2.50 bits per heavy atom. The Morgan fingerprint density at radius 1 is 0.967 bits per heavy atom. The SMILES string of the molecule is Cc1ccc(CNC(=O)c2ccccc2NC(=O)CN2CCCCCCC2=O)cc1. The number of aryl methyl sites for hydroxylation is 1. The smallest absolute Gasteiger partial charge is 0.253 e. The molecule has 0 aromatic heterocycles. The lowest BCUT2D eigenvalue weighted by Gasteiger charge is -2.24. The van der Waals surface area contributed by atoms with E-state index in [1.165, 1.54) is 0 Å². The largest absolute Gasteiger partial charge is 0.348 e. The molecule has 30 heavy (non-hydrogen) atoms. The first-order valence-electron chi connectivity index (χ1n) is 10.5. The summed E-state index contributed by atoms with van der Waals surface area (Å²) in [6.07, 6.45) is 4.43. The lowest BCUT2D eigenvalue weighted by molar-refractivity contribution is -0.135. The molecule has 0 saturated carbocycles. The third-order valence-corrected chi connectivity index (χ3v) is 5.28. The second kappa shape index (κ2) is 10.6. The average Bonchev–Trinajstić information content (AvgIpc) is 2.73. The number of likely N-dealkylation sites (tertiary alicyclic amines) is 1. The van der Waals surface area contributed by atoms with Crippen molar-refractivity contribution < 1.29 is 14.4 Å². The molecule has 3 rings (SSSR count). The van der Waals surface area contributed by atoms with Gasteiger partial charge in [0, 0.05) is 19.5 Å². The van der Waals surface area contributed by atoms with Gasteiger partial charge in [0.1, 0.15) is 0 Å². The van der Waals surface area contributed by atoms with E-state index in [9.17, 15) is 14.4 Å². The Kier molecular flexibility index (Phi) is 7.60. The van der Waals surface area contributed by atoms with Gasteiger partial charge >= 0.3 is 0 Å². The summed E-state index contributed by atoms with van der Waals surface area (Å²) < 4.78 is 0. The quantitative estimate of drug-likeness (QED) is 0.767. The van der Waals surface area contributed by atoms with E-state index in [1.54, 1.807) is 29.2 Å². The van der Waals surface area contributed by atoms with Crippen LogP contribution in [0.1, 0.15) is 53.6 Å². The number of anilines is 1. The minimum atomic E-state index is -0.289. The van der Waals surface area contributed by atoms with Gasteiger partial charge in [-0.25, -0.2) is 0 Å². The van der Waals surface area contributed by atoms with Crippen molar-refractivity contribution in [2.24, 2.45) is 0 Å². The van der Waals surface area contributed by atoms with E-state index >= 15 is 0 Å². The number of para-hydroxylation sites is 1. The van der Waals surface area contributed by atoms with Gasteiger partial charge in [-0.1, -0.05) is 54.8 Å². The molecule has 0 spiro atoms. The molecule has 0 bridgehead atoms. The predicted molar refractivity (Wildman–Crippen MR) is 117 cm³/mol. The predicted octanol–water partition coefficient (Wildman–Crippen LogP) is 3.66. The van der Waals surface area contributed by atoms with Crippen LogP contribution in [0.15, 0.2) is 48.5 Å². The van der Waals surface area contributed by atoms with Crippen LogP contribution in [0.25, 0.3) is 0 Å². The second-order valence-electron chi connectivity index (χ2n) is 7.74. The number of hydrogen-bond donors (Lipinski definition) is 2. The minimum Gasteiger partial charge on any atom is -0.348 e. The first-order chi connectivity index (χ1) is 14.5. The van der Waals surface area contributed by atoms with Crippen LogP contribution in [0.4, 0.5) is 5.69 Å². The molecule has 3 amide bonds. The van der Waals surface area contributed by atoms with Gasteiger partial charge in [0.2, 0.25) is 11.8 Å². The van der Waals surface area contributed by atoms with Gasteiger partial charge in [0.25, 0.3) is 5.91 Å². The molecule has 0 radical (unpaired) electrons. The highest BCUT2D eigenvalue weighted by Crippen LogP contribution is 2.16. The van der Waals surface area contributed by atoms with Gasteiger partial charge in [-0.3, -0.25) is 14.4 Å². The highest BCUT2D eigenvalue weighted by atomic mass is 16.2. The third-order valence-electron chi connectivity index (χ3n) is 5.28. The summed E-state index contributed by atoms with van der Waals surface area (Å²) in [5.41, 5.74) is 3.02. The Hall–Kier alpha value is -3.15. The van der Waals surface area contributed by atoms with Crippen LogP contribution >= 0.6 is 0 Å². The van der Waals surface area contributed by atoms with E-state index < -0.39 is 0 Å². The van der Waals surface area contributed by atoms with Crippen molar-refractivity contribution in [1.82, 2.24) is 10.2 Å². The number of carbonyl (C=O) groups excluding carboxylic acids is 3. The van der Waals surface area contributed by atoms with Crippen LogP contribution in [0.5, 0.6) is 0 Å². The number of nitrogens with zero attached hydrogens (tertiary/aromatic N) is 1. The summed E-state index contributed by atoms with van der Waals surface area (Å²) in [5.74, 6) is -0.523. The van der Waals surface area contributed by atoms with Gasteiger partial charge in [-0.2, -0.15) is 0 Å². The zero-order chi connectivity index (χ0) is 21.3. The first kappa shape index (κ1) is 21.6. The number of amides is 3. The lowest BCUT2D eigenvalue weighted by atomic mass is 10.1. The maximum Gasteiger partial charge on any atom is 0.253 e. The summed E-state index contributed by atoms with van der Waals surface area (Å²) in [6.45, 7) is 3.04. The van der Waals surface area contributed by atoms with E-state index in [4.69, 9.17) is 0 Å². The molecule has 2 N–H and O–H groups in total. The van der Waals surface area contributed by atoms with Crippen molar-refractivity contribution in [2.45, 2.75) is 45.6 Å². The summed E-state index contributed by atoms with van der Waals surface area (Å²) in [4.78, 5) is 39.1. The van der Waals surface area contributed by atoms with Crippen molar-refractivity contribution in [3.63, 3.8) is 0 Å². The highest BCUT2D eigenvalue weighted by molar-refractivity contribution is 6.04. The Bertz CT molecular complexity index is 893. The summed E-state index contributed by atoms with van der Waals surface area (Å²) >= 11 is 0. The van der Waals surface area contributed by atoms with Crippen LogP contribution in [0.3, 0.4) is 0 Å². The zero-order valence-electron chi connectivity index (χ0n) is 17.4. The molecule has 1 aliphatic rings. The highest BCUT2D eigenvalue weighted by Gasteiger charge is 2.19. The number of carbonyl (C=O) groups is 3. The molecule has 0 aliphatic carbocycles. The van der Waals surface area contributed by atoms with Crippen molar-refractivity contribution in [1.29, 1.82) is 0 Å². The molecular formula is C24H29N3O3. The molecule has 6 nitrogen and oxygen atoms in total. The van der Waals surface area contributed by atoms with Crippen LogP contribution in [0.2, 0.25) is 0 Å². The van der Waals surface area contributed by atoms with E-state index in [2.05, 4.69) is 10.6 Å². The van der Waals surface area contributed by atoms with Crippen molar-refractivity contribution >= 4 is 23.4 Å². The molecule has 2 aromatic rings. The molecule has 1 fully saturated rings. The maximum atomic E-state index is 12.7. The molecule has 0 atom stereocenters. The van der Waals surface area contributed by atoms with E-state index in [0.29, 0.717) is 30.8 Å². The summed E-state index contributed by atoms with van der Waals surface area (Å²) in [5, 5.41) is 5.70. The fourth-order valence-electron chi connectivity index (χ4n) is 3.52. The molecule has 6 heteroatoms. The number of nitrogens with one attached hydrogen (secondary N) is 2. The third kappa shape index (κ3) is 6.17. The monoisotopic (exact) mass is 407 g/mol. The van der Waals surface area contributed by atoms with Gasteiger partial charge in [-0.15, -0.1) is 0 Å². The van der Waals surface area contributed by atoms with Crippen molar-refractivity contribution in [3.05, 3.63) is 65.2 Å². The minimum absolute atomic E-state index is 0.0121. The summed E-state index contributed by atoms with van der Waals surface area (Å²) in [7, 11) is 0. The standard InChI is InChI=1S/C24H29N3O3/c1-18-11-13-19(14-12-18)16-25-24(30)20-8-5-6-9-21(20)26-22(28)17-27-15-7-3-2-4-10-23(27)29/h5-6,8-9,11-14H,2-4,7,10,15-17H2,1H3,(H,25,30)(H,26,28). The van der Waals surface area contributed by atoms with Crippen LogP contribution in [0, 0.1) is 6.92 Å². The van der Waals surface area contributed by atoms with Gasteiger partial charge in [0.05, 0.1) is 17.8 Å². The van der Waals surface area contributed by atoms with Crippen LogP contribution in [-0.2, 0) is 16.1 Å². The van der Waals surface area contributed by atoms with Gasteiger partial charge < -0.3 is 15.5 Å². The Morgan fingerprint density at radius 2 is 1.70 bits per heavy atom. The van der Waals surface area contributed by atoms with Crippen LogP contribution < -0.4 is 10.6 Å². The topological polar surface area (TPSA) is 78.5 Å². The molecule has 1 saturated heterocycles. The Balaban J connectivity index is 1.60. The van der Waals surface area contributed by atoms with Crippen molar-refractivity contribution in [3.8, 4) is 0 Å². The van der Waals surface area contributed by atoms with E-state index in [-0.39, 0.29) is 24.3 Å². The second-order valence-corrected chi connectivity index (χ2v) is 7.74. The van der Waals surface area contributed by atoms with Crippen molar-refractivity contribution in [2.75, 3.05) is 18.4 Å². The number of hydrogen-bond acceptors (Lipinski definition) is 3. The van der Waals surface area contributed by atoms with E-state index in [0.717, 1.165) is 36.8 Å². The lowest BCUT2D eigenvalue weighted by Crippen LogP contribution is -2.39. The fourth-order valence-corrected chi connectivity index (χ4v) is 3.52. The first-order valence-corrected chi connectivity index (χ1v) is 10.5. The number of rotatable bonds is 6. The molecular weight excluding hydrogens is 378 g/mol. The molecule has 158 valence electrons. The number of benzene rings is 2. The maximum absolute atomic E-state index is 12.7. The molecule has 1 heterocycles. The molecule has 2 aromatic carbocycles. The normalized spacial score (nSPS) is 14.6.